The average Bonchev–Trinajstić information content (AvgIpc) is 3.18. The van der Waals surface area contributed by atoms with Gasteiger partial charge in [0.15, 0.2) is 0 Å². The van der Waals surface area contributed by atoms with Crippen molar-refractivity contribution < 1.29 is 4.74 Å². The molecule has 0 bridgehead atoms. The third-order valence-corrected chi connectivity index (χ3v) is 3.99. The van der Waals surface area contributed by atoms with E-state index >= 15 is 0 Å². The summed E-state index contributed by atoms with van der Waals surface area (Å²) in [6, 6.07) is 7.16. The van der Waals surface area contributed by atoms with E-state index < -0.39 is 0 Å². The van der Waals surface area contributed by atoms with Crippen LogP contribution in [0.4, 0.5) is 0 Å². The SMILES string of the molecule is CCSCCOc1c(C)cccc1CNC1CC1. The Hall–Kier alpha value is -0.670. The second kappa shape index (κ2) is 7.05. The smallest absolute Gasteiger partial charge is 0.126 e. The zero-order valence-corrected chi connectivity index (χ0v) is 12.2. The molecule has 1 aromatic rings. The Morgan fingerprint density at radius 2 is 2.22 bits per heavy atom. The van der Waals surface area contributed by atoms with Gasteiger partial charge in [0, 0.05) is 23.9 Å². The van der Waals surface area contributed by atoms with E-state index in [0.717, 1.165) is 36.4 Å². The van der Waals surface area contributed by atoms with Crippen LogP contribution in [-0.4, -0.2) is 24.2 Å². The van der Waals surface area contributed by atoms with Crippen LogP contribution in [0.2, 0.25) is 0 Å². The predicted molar refractivity (Wildman–Crippen MR) is 79.5 cm³/mol. The van der Waals surface area contributed by atoms with Crippen LogP contribution >= 0.6 is 11.8 Å². The van der Waals surface area contributed by atoms with Gasteiger partial charge < -0.3 is 10.1 Å². The predicted octanol–water partition coefficient (Wildman–Crippen LogP) is 3.38. The topological polar surface area (TPSA) is 21.3 Å². The lowest BCUT2D eigenvalue weighted by atomic mass is 10.1. The molecule has 1 N–H and O–H groups in total. The quantitative estimate of drug-likeness (QED) is 0.728. The van der Waals surface area contributed by atoms with Crippen LogP contribution in [0.5, 0.6) is 5.75 Å². The van der Waals surface area contributed by atoms with E-state index in [9.17, 15) is 0 Å². The number of benzene rings is 1. The molecule has 1 aliphatic rings. The van der Waals surface area contributed by atoms with Crippen molar-refractivity contribution in [2.45, 2.75) is 39.3 Å². The van der Waals surface area contributed by atoms with E-state index in [1.54, 1.807) is 0 Å². The minimum atomic E-state index is 0.744. The van der Waals surface area contributed by atoms with Crippen LogP contribution in [0.3, 0.4) is 0 Å². The van der Waals surface area contributed by atoms with Gasteiger partial charge in [-0.15, -0.1) is 0 Å². The molecule has 0 heterocycles. The van der Waals surface area contributed by atoms with Gasteiger partial charge in [-0.2, -0.15) is 11.8 Å². The van der Waals surface area contributed by atoms with Crippen LogP contribution in [0.15, 0.2) is 18.2 Å². The molecule has 1 fully saturated rings. The molecular formula is C15H23NOS. The Kier molecular flexibility index (Phi) is 5.39. The zero-order valence-electron chi connectivity index (χ0n) is 11.4. The van der Waals surface area contributed by atoms with Crippen LogP contribution in [-0.2, 0) is 6.54 Å². The molecule has 18 heavy (non-hydrogen) atoms. The van der Waals surface area contributed by atoms with E-state index in [-0.39, 0.29) is 0 Å². The minimum Gasteiger partial charge on any atom is -0.492 e. The highest BCUT2D eigenvalue weighted by molar-refractivity contribution is 7.99. The summed E-state index contributed by atoms with van der Waals surface area (Å²) in [5, 5.41) is 3.56. The third-order valence-electron chi connectivity index (χ3n) is 3.13. The van der Waals surface area contributed by atoms with Crippen molar-refractivity contribution >= 4 is 11.8 Å². The number of hydrogen-bond donors (Lipinski definition) is 1. The molecule has 3 heteroatoms. The standard InChI is InChI=1S/C15H23NOS/c1-3-18-10-9-17-15-12(2)5-4-6-13(15)11-16-14-7-8-14/h4-6,14,16H,3,7-11H2,1-2H3. The first-order valence-corrected chi connectivity index (χ1v) is 7.99. The molecule has 1 saturated carbocycles. The maximum Gasteiger partial charge on any atom is 0.126 e. The first-order chi connectivity index (χ1) is 8.81. The summed E-state index contributed by atoms with van der Waals surface area (Å²) < 4.78 is 5.96. The molecule has 1 aliphatic carbocycles. The number of ether oxygens (including phenoxy) is 1. The Morgan fingerprint density at radius 3 is 2.94 bits per heavy atom. The van der Waals surface area contributed by atoms with E-state index in [1.165, 1.54) is 24.0 Å². The van der Waals surface area contributed by atoms with Crippen molar-refractivity contribution in [2.24, 2.45) is 0 Å². The molecule has 1 aromatic carbocycles. The lowest BCUT2D eigenvalue weighted by Gasteiger charge is -2.14. The van der Waals surface area contributed by atoms with Crippen molar-refractivity contribution in [3.63, 3.8) is 0 Å². The van der Waals surface area contributed by atoms with Gasteiger partial charge in [-0.3, -0.25) is 0 Å². The molecule has 0 unspecified atom stereocenters. The average molecular weight is 265 g/mol. The number of nitrogens with one attached hydrogen (secondary N) is 1. The van der Waals surface area contributed by atoms with Gasteiger partial charge >= 0.3 is 0 Å². The highest BCUT2D eigenvalue weighted by Crippen LogP contribution is 2.25. The van der Waals surface area contributed by atoms with Crippen molar-refractivity contribution in [3.05, 3.63) is 29.3 Å². The molecule has 2 nitrogen and oxygen atoms in total. The fraction of sp³-hybridized carbons (Fsp3) is 0.600. The molecule has 0 saturated heterocycles. The molecule has 0 aromatic heterocycles. The van der Waals surface area contributed by atoms with Crippen LogP contribution in [0, 0.1) is 6.92 Å². The van der Waals surface area contributed by atoms with Gasteiger partial charge in [-0.1, -0.05) is 25.1 Å². The lowest BCUT2D eigenvalue weighted by molar-refractivity contribution is 0.336. The number of para-hydroxylation sites is 1. The molecule has 2 rings (SSSR count). The number of hydrogen-bond acceptors (Lipinski definition) is 3. The molecular weight excluding hydrogens is 242 g/mol. The summed E-state index contributed by atoms with van der Waals surface area (Å²) in [6.07, 6.45) is 2.66. The Morgan fingerprint density at radius 1 is 1.39 bits per heavy atom. The third kappa shape index (κ3) is 4.21. The summed E-state index contributed by atoms with van der Waals surface area (Å²) in [5.41, 5.74) is 2.54. The summed E-state index contributed by atoms with van der Waals surface area (Å²) in [7, 11) is 0. The number of thioether (sulfide) groups is 1. The van der Waals surface area contributed by atoms with Crippen molar-refractivity contribution in [1.29, 1.82) is 0 Å². The molecule has 0 atom stereocenters. The van der Waals surface area contributed by atoms with E-state index in [1.807, 2.05) is 11.8 Å². The highest BCUT2D eigenvalue weighted by Gasteiger charge is 2.20. The normalized spacial score (nSPS) is 14.8. The van der Waals surface area contributed by atoms with E-state index in [4.69, 9.17) is 4.74 Å². The molecule has 0 amide bonds. The minimum absolute atomic E-state index is 0.744. The number of rotatable bonds is 8. The van der Waals surface area contributed by atoms with Gasteiger partial charge in [0.2, 0.25) is 0 Å². The molecule has 0 spiro atoms. The summed E-state index contributed by atoms with van der Waals surface area (Å²) in [5.74, 6) is 3.32. The second-order valence-electron chi connectivity index (χ2n) is 4.76. The van der Waals surface area contributed by atoms with Crippen molar-refractivity contribution in [3.8, 4) is 5.75 Å². The fourth-order valence-corrected chi connectivity index (χ4v) is 2.44. The maximum absolute atomic E-state index is 5.96. The Labute approximate surface area is 114 Å². The fourth-order valence-electron chi connectivity index (χ4n) is 1.95. The molecule has 100 valence electrons. The van der Waals surface area contributed by atoms with Crippen molar-refractivity contribution in [2.75, 3.05) is 18.1 Å². The van der Waals surface area contributed by atoms with Gasteiger partial charge in [0.05, 0.1) is 6.61 Å². The summed E-state index contributed by atoms with van der Waals surface area (Å²) in [6.45, 7) is 6.05. The Balaban J connectivity index is 1.91. The first kappa shape index (κ1) is 13.8. The maximum atomic E-state index is 5.96. The van der Waals surface area contributed by atoms with Gasteiger partial charge in [0.1, 0.15) is 5.75 Å². The molecule has 0 aliphatic heterocycles. The lowest BCUT2D eigenvalue weighted by Crippen LogP contribution is -2.16. The second-order valence-corrected chi connectivity index (χ2v) is 6.16. The monoisotopic (exact) mass is 265 g/mol. The van der Waals surface area contributed by atoms with Gasteiger partial charge in [0.25, 0.3) is 0 Å². The first-order valence-electron chi connectivity index (χ1n) is 6.83. The largest absolute Gasteiger partial charge is 0.492 e. The Bertz CT molecular complexity index is 377. The zero-order chi connectivity index (χ0) is 12.8. The van der Waals surface area contributed by atoms with Gasteiger partial charge in [-0.25, -0.2) is 0 Å². The van der Waals surface area contributed by atoms with Gasteiger partial charge in [-0.05, 0) is 31.1 Å². The van der Waals surface area contributed by atoms with Crippen LogP contribution < -0.4 is 10.1 Å². The molecule has 0 radical (unpaired) electrons. The summed E-state index contributed by atoms with van der Waals surface area (Å²) in [4.78, 5) is 0. The van der Waals surface area contributed by atoms with E-state index in [0.29, 0.717) is 0 Å². The van der Waals surface area contributed by atoms with Crippen molar-refractivity contribution in [1.82, 2.24) is 5.32 Å². The van der Waals surface area contributed by atoms with E-state index in [2.05, 4.69) is 37.4 Å². The van der Waals surface area contributed by atoms with Crippen LogP contribution in [0.25, 0.3) is 0 Å². The summed E-state index contributed by atoms with van der Waals surface area (Å²) >= 11 is 1.93. The highest BCUT2D eigenvalue weighted by atomic mass is 32.2. The van der Waals surface area contributed by atoms with Crippen LogP contribution in [0.1, 0.15) is 30.9 Å². The number of aryl methyl sites for hydroxylation is 1.